The summed E-state index contributed by atoms with van der Waals surface area (Å²) in [6.45, 7) is 1.52. The van der Waals surface area contributed by atoms with E-state index in [9.17, 15) is 9.59 Å². The van der Waals surface area contributed by atoms with Crippen LogP contribution in [0.15, 0.2) is 4.52 Å². The molecule has 0 saturated carbocycles. The molecule has 0 radical (unpaired) electrons. The van der Waals surface area contributed by atoms with Crippen molar-refractivity contribution in [2.24, 2.45) is 0 Å². The minimum atomic E-state index is -0.452. The van der Waals surface area contributed by atoms with Crippen molar-refractivity contribution in [2.45, 2.75) is 13.5 Å². The lowest BCUT2D eigenvalue weighted by atomic mass is 10.5. The predicted octanol–water partition coefficient (Wildman–Crippen LogP) is -0.935. The number of hydrogen-bond donors (Lipinski definition) is 2. The average molecular weight is 198 g/mol. The fourth-order valence-electron chi connectivity index (χ4n) is 0.728. The molecule has 0 bridgehead atoms. The molecule has 7 heteroatoms. The molecular weight excluding hydrogens is 188 g/mol. The van der Waals surface area contributed by atoms with Crippen LogP contribution in [0, 0.1) is 0 Å². The van der Waals surface area contributed by atoms with Crippen molar-refractivity contribution in [3.63, 3.8) is 0 Å². The highest BCUT2D eigenvalue weighted by Gasteiger charge is 2.12. The number of amides is 2. The van der Waals surface area contributed by atoms with E-state index in [4.69, 9.17) is 0 Å². The highest BCUT2D eigenvalue weighted by Crippen LogP contribution is 1.96. The van der Waals surface area contributed by atoms with E-state index in [2.05, 4.69) is 25.3 Å². The van der Waals surface area contributed by atoms with Gasteiger partial charge in [0, 0.05) is 14.0 Å². The van der Waals surface area contributed by atoms with E-state index < -0.39 is 5.91 Å². The molecule has 0 fully saturated rings. The van der Waals surface area contributed by atoms with Crippen molar-refractivity contribution in [3.05, 3.63) is 11.7 Å². The summed E-state index contributed by atoms with van der Waals surface area (Å²) in [6, 6.07) is 0. The molecule has 0 aromatic carbocycles. The van der Waals surface area contributed by atoms with Crippen molar-refractivity contribution in [1.82, 2.24) is 20.8 Å². The molecule has 0 saturated heterocycles. The first-order valence-corrected chi connectivity index (χ1v) is 3.92. The Morgan fingerprint density at radius 1 is 1.50 bits per heavy atom. The fraction of sp³-hybridized carbons (Fsp3) is 0.429. The SMILES string of the molecule is CNC(=O)c1nc(CNC(C)=O)no1. The minimum Gasteiger partial charge on any atom is -0.351 e. The molecular formula is C7H10N4O3. The fourth-order valence-corrected chi connectivity index (χ4v) is 0.728. The number of nitrogens with zero attached hydrogens (tertiary/aromatic N) is 2. The molecule has 1 rings (SSSR count). The van der Waals surface area contributed by atoms with Gasteiger partial charge in [-0.2, -0.15) is 4.98 Å². The van der Waals surface area contributed by atoms with E-state index in [0.29, 0.717) is 0 Å². The molecule has 2 amide bonds. The van der Waals surface area contributed by atoms with Gasteiger partial charge in [-0.15, -0.1) is 0 Å². The number of nitrogens with one attached hydrogen (secondary N) is 2. The standard InChI is InChI=1S/C7H10N4O3/c1-4(12)9-3-5-10-7(14-11-5)6(13)8-2/h3H2,1-2H3,(H,8,13)(H,9,12). The maximum absolute atomic E-state index is 11.0. The Morgan fingerprint density at radius 2 is 2.21 bits per heavy atom. The second kappa shape index (κ2) is 4.35. The molecule has 1 heterocycles. The van der Waals surface area contributed by atoms with Gasteiger partial charge in [0.05, 0.1) is 6.54 Å². The predicted molar refractivity (Wildman–Crippen MR) is 45.2 cm³/mol. The summed E-state index contributed by atoms with van der Waals surface area (Å²) in [5, 5.41) is 8.31. The quantitative estimate of drug-likeness (QED) is 0.653. The van der Waals surface area contributed by atoms with Crippen molar-refractivity contribution < 1.29 is 14.1 Å². The second-order valence-corrected chi connectivity index (χ2v) is 2.50. The summed E-state index contributed by atoms with van der Waals surface area (Å²) in [7, 11) is 1.46. The van der Waals surface area contributed by atoms with Gasteiger partial charge in [-0.1, -0.05) is 5.16 Å². The lowest BCUT2D eigenvalue weighted by Gasteiger charge is -1.93. The first kappa shape index (κ1) is 10.2. The molecule has 2 N–H and O–H groups in total. The van der Waals surface area contributed by atoms with E-state index in [1.54, 1.807) is 0 Å². The smallest absolute Gasteiger partial charge is 0.315 e. The second-order valence-electron chi connectivity index (χ2n) is 2.50. The van der Waals surface area contributed by atoms with Crippen molar-refractivity contribution in [1.29, 1.82) is 0 Å². The van der Waals surface area contributed by atoms with Crippen LogP contribution < -0.4 is 10.6 Å². The van der Waals surface area contributed by atoms with E-state index in [-0.39, 0.29) is 24.2 Å². The summed E-state index contributed by atoms with van der Waals surface area (Å²) < 4.78 is 4.63. The average Bonchev–Trinajstić information content (AvgIpc) is 2.62. The van der Waals surface area contributed by atoms with Crippen LogP contribution in [0.1, 0.15) is 23.4 Å². The largest absolute Gasteiger partial charge is 0.351 e. The third-order valence-electron chi connectivity index (χ3n) is 1.38. The summed E-state index contributed by atoms with van der Waals surface area (Å²) in [4.78, 5) is 25.3. The zero-order valence-corrected chi connectivity index (χ0v) is 7.83. The van der Waals surface area contributed by atoms with Crippen molar-refractivity contribution >= 4 is 11.8 Å². The molecule has 0 aliphatic heterocycles. The Hall–Kier alpha value is -1.92. The summed E-state index contributed by atoms with van der Waals surface area (Å²) in [5.74, 6) is -0.505. The maximum atomic E-state index is 11.0. The molecule has 0 atom stereocenters. The zero-order chi connectivity index (χ0) is 10.6. The Bertz CT molecular complexity index is 346. The first-order chi connectivity index (χ1) is 6.63. The van der Waals surface area contributed by atoms with Gasteiger partial charge in [-0.3, -0.25) is 9.59 Å². The van der Waals surface area contributed by atoms with Gasteiger partial charge in [0.25, 0.3) is 0 Å². The highest BCUT2D eigenvalue weighted by molar-refractivity contribution is 5.89. The van der Waals surface area contributed by atoms with Crippen LogP contribution in [0.25, 0.3) is 0 Å². The van der Waals surface area contributed by atoms with Gasteiger partial charge >= 0.3 is 11.8 Å². The van der Waals surface area contributed by atoms with Crippen LogP contribution in [0.3, 0.4) is 0 Å². The van der Waals surface area contributed by atoms with E-state index in [0.717, 1.165) is 0 Å². The molecule has 14 heavy (non-hydrogen) atoms. The van der Waals surface area contributed by atoms with Gasteiger partial charge in [0.2, 0.25) is 5.91 Å². The third-order valence-corrected chi connectivity index (χ3v) is 1.38. The van der Waals surface area contributed by atoms with Crippen LogP contribution in [0.4, 0.5) is 0 Å². The molecule has 0 aliphatic rings. The lowest BCUT2D eigenvalue weighted by Crippen LogP contribution is -2.20. The Kier molecular flexibility index (Phi) is 3.16. The first-order valence-electron chi connectivity index (χ1n) is 3.92. The highest BCUT2D eigenvalue weighted by atomic mass is 16.5. The lowest BCUT2D eigenvalue weighted by molar-refractivity contribution is -0.119. The van der Waals surface area contributed by atoms with Gasteiger partial charge in [0.1, 0.15) is 0 Å². The van der Waals surface area contributed by atoms with Gasteiger partial charge in [-0.05, 0) is 0 Å². The molecule has 1 aromatic rings. The number of carbonyl (C=O) groups is 2. The Morgan fingerprint density at radius 3 is 2.79 bits per heavy atom. The maximum Gasteiger partial charge on any atom is 0.315 e. The van der Waals surface area contributed by atoms with Gasteiger partial charge in [0.15, 0.2) is 5.82 Å². The van der Waals surface area contributed by atoms with Crippen molar-refractivity contribution in [2.75, 3.05) is 7.05 Å². The number of carbonyl (C=O) groups excluding carboxylic acids is 2. The van der Waals surface area contributed by atoms with E-state index >= 15 is 0 Å². The zero-order valence-electron chi connectivity index (χ0n) is 7.83. The van der Waals surface area contributed by atoms with Crippen LogP contribution in [0.2, 0.25) is 0 Å². The van der Waals surface area contributed by atoms with Crippen LogP contribution in [-0.4, -0.2) is 29.0 Å². The molecule has 0 spiro atoms. The van der Waals surface area contributed by atoms with E-state index in [1.807, 2.05) is 0 Å². The van der Waals surface area contributed by atoms with E-state index in [1.165, 1.54) is 14.0 Å². The number of hydrogen-bond acceptors (Lipinski definition) is 5. The van der Waals surface area contributed by atoms with Crippen LogP contribution in [-0.2, 0) is 11.3 Å². The van der Waals surface area contributed by atoms with Gasteiger partial charge < -0.3 is 15.2 Å². The summed E-state index contributed by atoms with van der Waals surface area (Å²) >= 11 is 0. The van der Waals surface area contributed by atoms with Crippen LogP contribution >= 0.6 is 0 Å². The Labute approximate surface area is 79.9 Å². The van der Waals surface area contributed by atoms with Gasteiger partial charge in [-0.25, -0.2) is 0 Å². The third kappa shape index (κ3) is 2.54. The molecule has 0 aliphatic carbocycles. The minimum absolute atomic E-state index is 0.118. The Balaban J connectivity index is 2.59. The molecule has 0 unspecified atom stereocenters. The number of aromatic nitrogens is 2. The van der Waals surface area contributed by atoms with Crippen molar-refractivity contribution in [3.8, 4) is 0 Å². The topological polar surface area (TPSA) is 97.1 Å². The number of rotatable bonds is 3. The summed E-state index contributed by atoms with van der Waals surface area (Å²) in [6.07, 6.45) is 0. The normalized spacial score (nSPS) is 9.57. The molecule has 76 valence electrons. The monoisotopic (exact) mass is 198 g/mol. The summed E-state index contributed by atoms with van der Waals surface area (Å²) in [5.41, 5.74) is 0. The van der Waals surface area contributed by atoms with Crippen LogP contribution in [0.5, 0.6) is 0 Å². The molecule has 7 nitrogen and oxygen atoms in total. The molecule has 1 aromatic heterocycles.